The van der Waals surface area contributed by atoms with Gasteiger partial charge in [-0.1, -0.05) is 24.3 Å². The molecule has 1 nitrogen and oxygen atoms in total. The van der Waals surface area contributed by atoms with Gasteiger partial charge in [-0.05, 0) is 29.4 Å². The van der Waals surface area contributed by atoms with E-state index >= 15 is 0 Å². The normalized spacial score (nSPS) is 15.2. The van der Waals surface area contributed by atoms with Crippen LogP contribution < -0.4 is 0 Å². The largest absolute Gasteiger partial charge is 0.497 e. The van der Waals surface area contributed by atoms with Gasteiger partial charge in [-0.15, -0.1) is 0 Å². The van der Waals surface area contributed by atoms with Gasteiger partial charge in [-0.25, -0.2) is 0 Å². The van der Waals surface area contributed by atoms with Crippen LogP contribution in [0.2, 0.25) is 0 Å². The van der Waals surface area contributed by atoms with Crippen LogP contribution in [-0.2, 0) is 4.74 Å². The van der Waals surface area contributed by atoms with Crippen molar-refractivity contribution in [1.82, 2.24) is 0 Å². The van der Waals surface area contributed by atoms with Crippen LogP contribution in [0.15, 0.2) is 42.7 Å². The first-order valence-electron chi connectivity index (χ1n) is 3.92. The summed E-state index contributed by atoms with van der Waals surface area (Å²) in [7, 11) is 0. The third-order valence-electron chi connectivity index (χ3n) is 1.76. The highest BCUT2D eigenvalue weighted by Crippen LogP contribution is 2.16. The Labute approximate surface area is 72.0 Å². The molecule has 1 aliphatic rings. The fourth-order valence-corrected chi connectivity index (χ4v) is 1.16. The summed E-state index contributed by atoms with van der Waals surface area (Å²) in [5, 5.41) is 0. The average Bonchev–Trinajstić information content (AvgIpc) is 2.21. The van der Waals surface area contributed by atoms with Crippen LogP contribution >= 0.6 is 0 Å². The van der Waals surface area contributed by atoms with Crippen LogP contribution in [0.25, 0.3) is 5.57 Å². The molecule has 0 aliphatic carbocycles. The van der Waals surface area contributed by atoms with Crippen molar-refractivity contribution in [3.63, 3.8) is 0 Å². The molecule has 2 rings (SSSR count). The Balaban J connectivity index is 2.31. The lowest BCUT2D eigenvalue weighted by Crippen LogP contribution is -1.91. The zero-order valence-electron chi connectivity index (χ0n) is 6.66. The Morgan fingerprint density at radius 2 is 2.33 bits per heavy atom. The Hall–Kier alpha value is -1.50. The summed E-state index contributed by atoms with van der Waals surface area (Å²) >= 11 is 0. The molecule has 0 fully saturated rings. The molecule has 0 unspecified atom stereocenters. The second-order valence-corrected chi connectivity index (χ2v) is 2.57. The fraction of sp³-hybridized carbons (Fsp3) is 0.0909. The second kappa shape index (κ2) is 3.26. The minimum Gasteiger partial charge on any atom is -0.497 e. The lowest BCUT2D eigenvalue weighted by molar-refractivity contribution is 0.287. The molecule has 0 bridgehead atoms. The summed E-state index contributed by atoms with van der Waals surface area (Å²) < 4.78 is 5.05. The Morgan fingerprint density at radius 1 is 1.33 bits per heavy atom. The summed E-state index contributed by atoms with van der Waals surface area (Å²) in [4.78, 5) is 0. The van der Waals surface area contributed by atoms with E-state index < -0.39 is 0 Å². The van der Waals surface area contributed by atoms with E-state index in [9.17, 15) is 0 Å². The first kappa shape index (κ1) is 7.17. The van der Waals surface area contributed by atoms with E-state index in [1.807, 2.05) is 36.4 Å². The monoisotopic (exact) mass is 157 g/mol. The van der Waals surface area contributed by atoms with E-state index in [2.05, 4.69) is 6.07 Å². The van der Waals surface area contributed by atoms with Crippen LogP contribution in [0.1, 0.15) is 5.56 Å². The summed E-state index contributed by atoms with van der Waals surface area (Å²) in [6.07, 6.45) is 5.72. The minimum atomic E-state index is 0.661. The lowest BCUT2D eigenvalue weighted by atomic mass is 10.1. The Bertz CT molecular complexity index is 309. The second-order valence-electron chi connectivity index (χ2n) is 2.57. The number of hydrogen-bond acceptors (Lipinski definition) is 1. The molecule has 0 N–H and O–H groups in total. The number of rotatable bonds is 1. The molecule has 1 radical (unpaired) electrons. The van der Waals surface area contributed by atoms with Crippen LogP contribution in [-0.4, -0.2) is 6.61 Å². The molecule has 1 aromatic rings. The molecule has 0 atom stereocenters. The maximum absolute atomic E-state index is 5.05. The predicted octanol–water partition coefficient (Wildman–Crippen LogP) is 2.41. The number of allylic oxidation sites excluding steroid dienone is 2. The zero-order chi connectivity index (χ0) is 8.23. The van der Waals surface area contributed by atoms with Crippen molar-refractivity contribution in [3.05, 3.63) is 54.3 Å². The van der Waals surface area contributed by atoms with Crippen LogP contribution in [0.4, 0.5) is 0 Å². The first-order chi connectivity index (χ1) is 5.97. The Kier molecular flexibility index (Phi) is 1.95. The van der Waals surface area contributed by atoms with Crippen LogP contribution in [0, 0.1) is 6.07 Å². The van der Waals surface area contributed by atoms with Gasteiger partial charge in [0.1, 0.15) is 6.61 Å². The molecule has 0 saturated carbocycles. The smallest absolute Gasteiger partial charge is 0.106 e. The summed E-state index contributed by atoms with van der Waals surface area (Å²) in [5.74, 6) is 0. The number of hydrogen-bond donors (Lipinski definition) is 0. The highest BCUT2D eigenvalue weighted by molar-refractivity contribution is 5.73. The molecule has 12 heavy (non-hydrogen) atoms. The van der Waals surface area contributed by atoms with E-state index in [1.54, 1.807) is 6.26 Å². The van der Waals surface area contributed by atoms with Crippen molar-refractivity contribution < 1.29 is 4.74 Å². The predicted molar refractivity (Wildman–Crippen MR) is 48.3 cm³/mol. The van der Waals surface area contributed by atoms with Gasteiger partial charge in [0.05, 0.1) is 6.26 Å². The molecular formula is C11H9O. The van der Waals surface area contributed by atoms with Gasteiger partial charge in [0.15, 0.2) is 0 Å². The van der Waals surface area contributed by atoms with Gasteiger partial charge >= 0.3 is 0 Å². The fourth-order valence-electron chi connectivity index (χ4n) is 1.16. The molecule has 0 amide bonds. The highest BCUT2D eigenvalue weighted by atomic mass is 16.5. The van der Waals surface area contributed by atoms with Crippen molar-refractivity contribution in [2.45, 2.75) is 0 Å². The molecular weight excluding hydrogens is 148 g/mol. The average molecular weight is 157 g/mol. The standard InChI is InChI=1S/C11H9O/c1-2-4-10(5-3-1)11-6-8-12-9-7-11/h1-4,6-8H,9H2. The summed E-state index contributed by atoms with van der Waals surface area (Å²) in [6, 6.07) is 11.1. The van der Waals surface area contributed by atoms with Gasteiger partial charge < -0.3 is 4.74 Å². The van der Waals surface area contributed by atoms with Crippen molar-refractivity contribution in [1.29, 1.82) is 0 Å². The van der Waals surface area contributed by atoms with Gasteiger partial charge in [-0.3, -0.25) is 0 Å². The topological polar surface area (TPSA) is 9.23 Å². The maximum Gasteiger partial charge on any atom is 0.106 e. The zero-order valence-corrected chi connectivity index (χ0v) is 6.66. The van der Waals surface area contributed by atoms with Gasteiger partial charge in [0.25, 0.3) is 0 Å². The summed E-state index contributed by atoms with van der Waals surface area (Å²) in [6.45, 7) is 0.661. The molecule has 1 aliphatic heterocycles. The molecule has 59 valence electrons. The van der Waals surface area contributed by atoms with Gasteiger partial charge in [0.2, 0.25) is 0 Å². The minimum absolute atomic E-state index is 0.661. The quantitative estimate of drug-likeness (QED) is 0.608. The molecule has 0 aromatic heterocycles. The van der Waals surface area contributed by atoms with Crippen molar-refractivity contribution in [3.8, 4) is 0 Å². The lowest BCUT2D eigenvalue weighted by Gasteiger charge is -2.06. The SMILES string of the molecule is [c]1ccccc1C1=CCOC=C1. The van der Waals surface area contributed by atoms with E-state index in [4.69, 9.17) is 4.74 Å². The molecule has 1 heteroatoms. The van der Waals surface area contributed by atoms with Crippen LogP contribution in [0.5, 0.6) is 0 Å². The number of ether oxygens (including phenoxy) is 1. The van der Waals surface area contributed by atoms with Crippen molar-refractivity contribution >= 4 is 5.57 Å². The van der Waals surface area contributed by atoms with E-state index in [-0.39, 0.29) is 0 Å². The Morgan fingerprint density at radius 3 is 3.00 bits per heavy atom. The molecule has 0 saturated heterocycles. The van der Waals surface area contributed by atoms with Crippen molar-refractivity contribution in [2.24, 2.45) is 0 Å². The molecule has 1 aromatic carbocycles. The van der Waals surface area contributed by atoms with E-state index in [0.717, 1.165) is 5.56 Å². The number of benzene rings is 1. The van der Waals surface area contributed by atoms with E-state index in [0.29, 0.717) is 6.61 Å². The van der Waals surface area contributed by atoms with Gasteiger partial charge in [-0.2, -0.15) is 0 Å². The first-order valence-corrected chi connectivity index (χ1v) is 3.92. The highest BCUT2D eigenvalue weighted by Gasteiger charge is 1.99. The third kappa shape index (κ3) is 1.40. The van der Waals surface area contributed by atoms with E-state index in [1.165, 1.54) is 5.57 Å². The maximum atomic E-state index is 5.05. The van der Waals surface area contributed by atoms with Crippen molar-refractivity contribution in [2.75, 3.05) is 6.61 Å². The van der Waals surface area contributed by atoms with Gasteiger partial charge in [0, 0.05) is 0 Å². The molecule has 1 heterocycles. The summed E-state index contributed by atoms with van der Waals surface area (Å²) in [5.41, 5.74) is 2.30. The van der Waals surface area contributed by atoms with Crippen LogP contribution in [0.3, 0.4) is 0 Å². The third-order valence-corrected chi connectivity index (χ3v) is 1.76. The molecule has 0 spiro atoms.